The zero-order valence-corrected chi connectivity index (χ0v) is 10.7. The molecular formula is C11H20N4O2. The smallest absolute Gasteiger partial charge is 0.222 e. The zero-order chi connectivity index (χ0) is 12.8. The fraction of sp³-hybridized carbons (Fsp3) is 0.636. The first-order valence-electron chi connectivity index (χ1n) is 5.57. The van der Waals surface area contributed by atoms with Gasteiger partial charge in [-0.25, -0.2) is 15.8 Å². The second-order valence-corrected chi connectivity index (χ2v) is 4.12. The monoisotopic (exact) mass is 240 g/mol. The van der Waals surface area contributed by atoms with Crippen molar-refractivity contribution < 1.29 is 9.47 Å². The Morgan fingerprint density at radius 1 is 1.35 bits per heavy atom. The summed E-state index contributed by atoms with van der Waals surface area (Å²) in [6, 6.07) is 0. The van der Waals surface area contributed by atoms with Gasteiger partial charge in [0.15, 0.2) is 5.82 Å². The first-order valence-corrected chi connectivity index (χ1v) is 5.57. The number of rotatable bonds is 6. The Morgan fingerprint density at radius 3 is 2.59 bits per heavy atom. The van der Waals surface area contributed by atoms with Crippen LogP contribution < -0.4 is 16.0 Å². The molecule has 0 aromatic carbocycles. The molecule has 0 radical (unpaired) electrons. The van der Waals surface area contributed by atoms with Gasteiger partial charge in [-0.05, 0) is 12.8 Å². The third-order valence-electron chi connectivity index (χ3n) is 2.28. The fourth-order valence-corrected chi connectivity index (χ4v) is 1.57. The van der Waals surface area contributed by atoms with Crippen molar-refractivity contribution in [1.29, 1.82) is 0 Å². The number of hydrazine groups is 1. The van der Waals surface area contributed by atoms with E-state index in [4.69, 9.17) is 15.3 Å². The number of anilines is 1. The van der Waals surface area contributed by atoms with Gasteiger partial charge in [0.05, 0.1) is 12.2 Å². The first kappa shape index (κ1) is 13.7. The van der Waals surface area contributed by atoms with Crippen molar-refractivity contribution in [1.82, 2.24) is 9.97 Å². The quantitative estimate of drug-likeness (QED) is 0.576. The maximum absolute atomic E-state index is 5.72. The number of hydrogen-bond donors (Lipinski definition) is 2. The summed E-state index contributed by atoms with van der Waals surface area (Å²) >= 11 is 0. The molecule has 0 aliphatic rings. The molecule has 1 atom stereocenters. The molecule has 6 heteroatoms. The van der Waals surface area contributed by atoms with Crippen molar-refractivity contribution in [3.63, 3.8) is 0 Å². The Bertz CT molecular complexity index is 357. The molecule has 0 fully saturated rings. The molecule has 96 valence electrons. The number of methoxy groups -OCH3 is 1. The second kappa shape index (κ2) is 6.36. The third kappa shape index (κ3) is 3.54. The van der Waals surface area contributed by atoms with E-state index in [2.05, 4.69) is 15.4 Å². The molecule has 0 bridgehead atoms. The first-order chi connectivity index (χ1) is 8.10. The van der Waals surface area contributed by atoms with E-state index in [-0.39, 0.29) is 12.0 Å². The predicted octanol–water partition coefficient (Wildman–Crippen LogP) is 1.30. The minimum Gasteiger partial charge on any atom is -0.472 e. The van der Waals surface area contributed by atoms with Crippen molar-refractivity contribution in [3.05, 3.63) is 11.9 Å². The van der Waals surface area contributed by atoms with Crippen LogP contribution in [0.4, 0.5) is 5.82 Å². The molecule has 0 saturated carbocycles. The Morgan fingerprint density at radius 2 is 2.06 bits per heavy atom. The van der Waals surface area contributed by atoms with Crippen LogP contribution in [0.3, 0.4) is 0 Å². The van der Waals surface area contributed by atoms with Gasteiger partial charge in [0.25, 0.3) is 0 Å². The highest BCUT2D eigenvalue weighted by Gasteiger charge is 2.17. The number of hydrogen-bond acceptors (Lipinski definition) is 6. The highest BCUT2D eigenvalue weighted by atomic mass is 16.5. The molecule has 0 saturated heterocycles. The molecule has 1 rings (SSSR count). The summed E-state index contributed by atoms with van der Waals surface area (Å²) in [7, 11) is 1.63. The van der Waals surface area contributed by atoms with Gasteiger partial charge in [-0.2, -0.15) is 0 Å². The van der Waals surface area contributed by atoms with E-state index in [0.717, 1.165) is 5.56 Å². The zero-order valence-electron chi connectivity index (χ0n) is 10.7. The summed E-state index contributed by atoms with van der Waals surface area (Å²) in [6.07, 6.45) is 1.36. The van der Waals surface area contributed by atoms with E-state index < -0.39 is 0 Å². The number of aromatic nitrogens is 2. The number of ether oxygens (including phenoxy) is 2. The summed E-state index contributed by atoms with van der Waals surface area (Å²) in [6.45, 7) is 6.50. The molecule has 1 unspecified atom stereocenters. The maximum atomic E-state index is 5.72. The van der Waals surface area contributed by atoms with Crippen molar-refractivity contribution >= 4 is 5.82 Å². The van der Waals surface area contributed by atoms with Gasteiger partial charge in [0.1, 0.15) is 12.4 Å². The molecule has 0 amide bonds. The van der Waals surface area contributed by atoms with Crippen LogP contribution in [-0.4, -0.2) is 29.8 Å². The minimum atomic E-state index is -0.0713. The number of nitrogens with one attached hydrogen (secondary N) is 1. The Kier molecular flexibility index (Phi) is 5.11. The SMILES string of the molecule is COCC(C)Oc1ncnc(NN)c1C(C)C. The van der Waals surface area contributed by atoms with Crippen LogP contribution in [0.5, 0.6) is 5.88 Å². The Hall–Kier alpha value is -1.40. The molecule has 1 aromatic rings. The minimum absolute atomic E-state index is 0.0713. The molecule has 3 N–H and O–H groups in total. The normalized spacial score (nSPS) is 12.6. The van der Waals surface area contributed by atoms with Crippen LogP contribution in [0.1, 0.15) is 32.3 Å². The van der Waals surface area contributed by atoms with E-state index in [1.54, 1.807) is 7.11 Å². The third-order valence-corrected chi connectivity index (χ3v) is 2.28. The average molecular weight is 240 g/mol. The van der Waals surface area contributed by atoms with Crippen LogP contribution in [0.15, 0.2) is 6.33 Å². The lowest BCUT2D eigenvalue weighted by Gasteiger charge is -2.18. The number of nitrogen functional groups attached to an aromatic ring is 1. The van der Waals surface area contributed by atoms with Crippen LogP contribution >= 0.6 is 0 Å². The molecule has 17 heavy (non-hydrogen) atoms. The lowest BCUT2D eigenvalue weighted by Crippen LogP contribution is -2.21. The van der Waals surface area contributed by atoms with Crippen LogP contribution in [0, 0.1) is 0 Å². The van der Waals surface area contributed by atoms with Crippen LogP contribution in [-0.2, 0) is 4.74 Å². The Balaban J connectivity index is 2.97. The van der Waals surface area contributed by atoms with Gasteiger partial charge in [-0.3, -0.25) is 0 Å². The van der Waals surface area contributed by atoms with Crippen molar-refractivity contribution in [2.75, 3.05) is 19.1 Å². The summed E-state index contributed by atoms with van der Waals surface area (Å²) in [4.78, 5) is 8.22. The van der Waals surface area contributed by atoms with Gasteiger partial charge >= 0.3 is 0 Å². The van der Waals surface area contributed by atoms with E-state index in [9.17, 15) is 0 Å². The van der Waals surface area contributed by atoms with Crippen molar-refractivity contribution in [2.45, 2.75) is 32.8 Å². The highest BCUT2D eigenvalue weighted by molar-refractivity contribution is 5.49. The molecule has 0 spiro atoms. The number of nitrogens with two attached hydrogens (primary N) is 1. The van der Waals surface area contributed by atoms with Crippen LogP contribution in [0.2, 0.25) is 0 Å². The summed E-state index contributed by atoms with van der Waals surface area (Å²) in [5, 5.41) is 0. The molecule has 1 heterocycles. The second-order valence-electron chi connectivity index (χ2n) is 4.12. The maximum Gasteiger partial charge on any atom is 0.222 e. The lowest BCUT2D eigenvalue weighted by molar-refractivity contribution is 0.0880. The molecule has 1 aromatic heterocycles. The van der Waals surface area contributed by atoms with Gasteiger partial charge in [-0.15, -0.1) is 0 Å². The van der Waals surface area contributed by atoms with Crippen molar-refractivity contribution in [2.24, 2.45) is 5.84 Å². The van der Waals surface area contributed by atoms with E-state index in [0.29, 0.717) is 18.3 Å². The predicted molar refractivity (Wildman–Crippen MR) is 65.9 cm³/mol. The van der Waals surface area contributed by atoms with Gasteiger partial charge in [0, 0.05) is 7.11 Å². The van der Waals surface area contributed by atoms with Crippen LogP contribution in [0.25, 0.3) is 0 Å². The molecule has 6 nitrogen and oxygen atoms in total. The summed E-state index contributed by atoms with van der Waals surface area (Å²) in [5.41, 5.74) is 3.43. The summed E-state index contributed by atoms with van der Waals surface area (Å²) in [5.74, 6) is 6.78. The lowest BCUT2D eigenvalue weighted by atomic mass is 10.1. The summed E-state index contributed by atoms with van der Waals surface area (Å²) < 4.78 is 10.7. The van der Waals surface area contributed by atoms with E-state index in [1.165, 1.54) is 6.33 Å². The fourth-order valence-electron chi connectivity index (χ4n) is 1.57. The standard InChI is InChI=1S/C11H20N4O2/c1-7(2)9-10(15-12)13-6-14-11(9)17-8(3)5-16-4/h6-8H,5,12H2,1-4H3,(H,13,14,15). The number of nitrogens with zero attached hydrogens (tertiary/aromatic N) is 2. The van der Waals surface area contributed by atoms with Gasteiger partial charge in [-0.1, -0.05) is 13.8 Å². The highest BCUT2D eigenvalue weighted by Crippen LogP contribution is 2.29. The molecular weight excluding hydrogens is 220 g/mol. The molecule has 0 aliphatic heterocycles. The topological polar surface area (TPSA) is 82.3 Å². The van der Waals surface area contributed by atoms with Gasteiger partial charge < -0.3 is 14.9 Å². The van der Waals surface area contributed by atoms with Gasteiger partial charge in [0.2, 0.25) is 5.88 Å². The van der Waals surface area contributed by atoms with E-state index >= 15 is 0 Å². The Labute approximate surface area is 102 Å². The molecule has 0 aliphatic carbocycles. The van der Waals surface area contributed by atoms with E-state index in [1.807, 2.05) is 20.8 Å². The average Bonchev–Trinajstić information content (AvgIpc) is 2.28. The largest absolute Gasteiger partial charge is 0.472 e. The van der Waals surface area contributed by atoms with Crippen molar-refractivity contribution in [3.8, 4) is 5.88 Å².